The summed E-state index contributed by atoms with van der Waals surface area (Å²) in [6.45, 7) is 3.15. The van der Waals surface area contributed by atoms with Crippen LogP contribution in [0, 0.1) is 0 Å². The minimum atomic E-state index is 0.388. The molecule has 1 fully saturated rings. The second-order valence-electron chi connectivity index (χ2n) is 4.54. The maximum atomic E-state index is 11.0. The number of aldehydes is 1. The van der Waals surface area contributed by atoms with Crippen LogP contribution < -0.4 is 4.90 Å². The van der Waals surface area contributed by atoms with Crippen LogP contribution in [0.3, 0.4) is 0 Å². The van der Waals surface area contributed by atoms with E-state index in [4.69, 9.17) is 11.6 Å². The van der Waals surface area contributed by atoms with Crippen LogP contribution >= 0.6 is 11.6 Å². The molecule has 1 aliphatic rings. The molecule has 5 heteroatoms. The first kappa shape index (κ1) is 11.4. The molecular formula is C13H12ClN3O. The Morgan fingerprint density at radius 2 is 2.22 bits per heavy atom. The van der Waals surface area contributed by atoms with Crippen molar-refractivity contribution in [1.82, 2.24) is 9.97 Å². The Morgan fingerprint density at radius 1 is 1.39 bits per heavy atom. The third kappa shape index (κ3) is 1.64. The number of hydrogen-bond donors (Lipinski definition) is 0. The molecule has 1 aliphatic heterocycles. The number of carbonyl (C=O) groups excluding carboxylic acids is 1. The quantitative estimate of drug-likeness (QED) is 0.616. The largest absolute Gasteiger partial charge is 0.353 e. The zero-order chi connectivity index (χ0) is 12.7. The monoisotopic (exact) mass is 261 g/mol. The number of aromatic nitrogens is 2. The molecule has 0 saturated carbocycles. The van der Waals surface area contributed by atoms with Crippen molar-refractivity contribution < 1.29 is 4.79 Å². The summed E-state index contributed by atoms with van der Waals surface area (Å²) in [7, 11) is 0. The number of anilines is 1. The van der Waals surface area contributed by atoms with Gasteiger partial charge in [-0.3, -0.25) is 4.79 Å². The van der Waals surface area contributed by atoms with E-state index in [0.717, 1.165) is 29.4 Å². The molecule has 1 atom stereocenters. The molecule has 4 nitrogen and oxygen atoms in total. The van der Waals surface area contributed by atoms with Crippen molar-refractivity contribution in [3.63, 3.8) is 0 Å². The van der Waals surface area contributed by atoms with Gasteiger partial charge in [-0.05, 0) is 19.4 Å². The van der Waals surface area contributed by atoms with Crippen molar-refractivity contribution in [3.05, 3.63) is 29.2 Å². The Morgan fingerprint density at radius 3 is 2.83 bits per heavy atom. The smallest absolute Gasteiger partial charge is 0.152 e. The standard InChI is InChI=1S/C13H12ClN3O/c1-8-2-3-17(8)13-11-6-15-12(14)4-10(11)9(7-18)5-16-13/h4-8H,2-3H2,1H3/t8-/m1/s1. The van der Waals surface area contributed by atoms with E-state index in [1.807, 2.05) is 0 Å². The van der Waals surface area contributed by atoms with Gasteiger partial charge >= 0.3 is 0 Å². The van der Waals surface area contributed by atoms with E-state index in [-0.39, 0.29) is 0 Å². The van der Waals surface area contributed by atoms with E-state index >= 15 is 0 Å². The van der Waals surface area contributed by atoms with Crippen LogP contribution in [-0.2, 0) is 0 Å². The molecule has 0 radical (unpaired) electrons. The molecule has 3 rings (SSSR count). The van der Waals surface area contributed by atoms with E-state index in [2.05, 4.69) is 21.8 Å². The van der Waals surface area contributed by atoms with Gasteiger partial charge in [0.2, 0.25) is 0 Å². The van der Waals surface area contributed by atoms with Crippen LogP contribution in [0.25, 0.3) is 10.8 Å². The van der Waals surface area contributed by atoms with Crippen molar-refractivity contribution in [3.8, 4) is 0 Å². The molecule has 3 heterocycles. The lowest BCUT2D eigenvalue weighted by Gasteiger charge is -2.40. The minimum absolute atomic E-state index is 0.388. The molecule has 2 aromatic heterocycles. The molecule has 2 aromatic rings. The van der Waals surface area contributed by atoms with E-state index in [9.17, 15) is 4.79 Å². The van der Waals surface area contributed by atoms with Crippen LogP contribution in [0.2, 0.25) is 5.15 Å². The number of halogens is 1. The SMILES string of the molecule is C[C@@H]1CCN1c1ncc(C=O)c2cc(Cl)ncc12. The fourth-order valence-corrected chi connectivity index (χ4v) is 2.43. The summed E-state index contributed by atoms with van der Waals surface area (Å²) < 4.78 is 0. The predicted molar refractivity (Wildman–Crippen MR) is 71.4 cm³/mol. The first-order valence-corrected chi connectivity index (χ1v) is 6.24. The number of hydrogen-bond acceptors (Lipinski definition) is 4. The lowest BCUT2D eigenvalue weighted by Crippen LogP contribution is -2.46. The van der Waals surface area contributed by atoms with Gasteiger partial charge in [-0.15, -0.1) is 0 Å². The number of nitrogens with zero attached hydrogens (tertiary/aromatic N) is 3. The molecule has 0 amide bonds. The van der Waals surface area contributed by atoms with Gasteiger partial charge in [0.15, 0.2) is 6.29 Å². The van der Waals surface area contributed by atoms with Crippen molar-refractivity contribution in [2.24, 2.45) is 0 Å². The second kappa shape index (κ2) is 4.21. The highest BCUT2D eigenvalue weighted by atomic mass is 35.5. The third-order valence-electron chi connectivity index (χ3n) is 3.47. The highest BCUT2D eigenvalue weighted by Crippen LogP contribution is 2.32. The average molecular weight is 262 g/mol. The van der Waals surface area contributed by atoms with Gasteiger partial charge in [-0.25, -0.2) is 9.97 Å². The van der Waals surface area contributed by atoms with Crippen molar-refractivity contribution in [2.75, 3.05) is 11.4 Å². The van der Waals surface area contributed by atoms with E-state index < -0.39 is 0 Å². The average Bonchev–Trinajstić information content (AvgIpc) is 2.37. The molecule has 0 aromatic carbocycles. The summed E-state index contributed by atoms with van der Waals surface area (Å²) in [5.74, 6) is 0.888. The highest BCUT2D eigenvalue weighted by molar-refractivity contribution is 6.30. The van der Waals surface area contributed by atoms with Crippen molar-refractivity contribution >= 4 is 34.5 Å². The number of fused-ring (bicyclic) bond motifs is 1. The Hall–Kier alpha value is -1.68. The summed E-state index contributed by atoms with van der Waals surface area (Å²) in [4.78, 5) is 21.7. The molecule has 0 N–H and O–H groups in total. The molecule has 1 saturated heterocycles. The second-order valence-corrected chi connectivity index (χ2v) is 4.93. The summed E-state index contributed by atoms with van der Waals surface area (Å²) in [5, 5.41) is 2.09. The van der Waals surface area contributed by atoms with Gasteiger partial charge in [0.25, 0.3) is 0 Å². The summed E-state index contributed by atoms with van der Waals surface area (Å²) in [6, 6.07) is 2.20. The van der Waals surface area contributed by atoms with Crippen LogP contribution in [0.1, 0.15) is 23.7 Å². The van der Waals surface area contributed by atoms with E-state index in [0.29, 0.717) is 16.8 Å². The van der Waals surface area contributed by atoms with Gasteiger partial charge in [-0.2, -0.15) is 0 Å². The third-order valence-corrected chi connectivity index (χ3v) is 3.67. The van der Waals surface area contributed by atoms with Gasteiger partial charge in [0.1, 0.15) is 11.0 Å². The maximum Gasteiger partial charge on any atom is 0.152 e. The molecular weight excluding hydrogens is 250 g/mol. The zero-order valence-electron chi connectivity index (χ0n) is 9.93. The molecule has 92 valence electrons. The first-order chi connectivity index (χ1) is 8.70. The predicted octanol–water partition coefficient (Wildman–Crippen LogP) is 2.69. The van der Waals surface area contributed by atoms with Gasteiger partial charge in [0.05, 0.1) is 0 Å². The van der Waals surface area contributed by atoms with Gasteiger partial charge < -0.3 is 4.90 Å². The maximum absolute atomic E-state index is 11.0. The van der Waals surface area contributed by atoms with Crippen molar-refractivity contribution in [2.45, 2.75) is 19.4 Å². The van der Waals surface area contributed by atoms with Gasteiger partial charge in [-0.1, -0.05) is 11.6 Å². The van der Waals surface area contributed by atoms with Gasteiger partial charge in [0, 0.05) is 41.3 Å². The minimum Gasteiger partial charge on any atom is -0.353 e. The molecule has 0 aliphatic carbocycles. The molecule has 18 heavy (non-hydrogen) atoms. The Bertz CT molecular complexity index is 629. The van der Waals surface area contributed by atoms with Crippen LogP contribution in [0.5, 0.6) is 0 Å². The van der Waals surface area contributed by atoms with Crippen molar-refractivity contribution in [1.29, 1.82) is 0 Å². The topological polar surface area (TPSA) is 46.1 Å². The first-order valence-electron chi connectivity index (χ1n) is 5.87. The molecule has 0 spiro atoms. The fourth-order valence-electron chi connectivity index (χ4n) is 2.27. The van der Waals surface area contributed by atoms with Crippen LogP contribution in [-0.4, -0.2) is 28.8 Å². The lowest BCUT2D eigenvalue weighted by molar-refractivity contribution is 0.112. The number of pyridine rings is 2. The number of rotatable bonds is 2. The zero-order valence-corrected chi connectivity index (χ0v) is 10.7. The number of carbonyl (C=O) groups is 1. The summed E-state index contributed by atoms with van der Waals surface area (Å²) in [5.41, 5.74) is 0.547. The summed E-state index contributed by atoms with van der Waals surface area (Å²) >= 11 is 5.90. The van der Waals surface area contributed by atoms with E-state index in [1.54, 1.807) is 18.5 Å². The molecule has 0 unspecified atom stereocenters. The highest BCUT2D eigenvalue weighted by Gasteiger charge is 2.26. The lowest BCUT2D eigenvalue weighted by atomic mass is 10.0. The van der Waals surface area contributed by atoms with E-state index in [1.165, 1.54) is 6.42 Å². The van der Waals surface area contributed by atoms with Crippen LogP contribution in [0.4, 0.5) is 5.82 Å². The normalized spacial score (nSPS) is 18.8. The Kier molecular flexibility index (Phi) is 2.67. The van der Waals surface area contributed by atoms with Crippen LogP contribution in [0.15, 0.2) is 18.5 Å². The molecule has 0 bridgehead atoms. The Labute approximate surface area is 110 Å². The fraction of sp³-hybridized carbons (Fsp3) is 0.308. The summed E-state index contributed by atoms with van der Waals surface area (Å²) in [6.07, 6.45) is 5.26. The Balaban J connectivity index is 2.25.